The van der Waals surface area contributed by atoms with Crippen molar-refractivity contribution in [3.05, 3.63) is 30.4 Å². The molecule has 2 aromatic heterocycles. The summed E-state index contributed by atoms with van der Waals surface area (Å²) in [6.07, 6.45) is 6.49. The summed E-state index contributed by atoms with van der Waals surface area (Å²) >= 11 is 0. The molecule has 2 aliphatic rings. The Morgan fingerprint density at radius 1 is 1.26 bits per heavy atom. The molecule has 0 bridgehead atoms. The molecular formula is C12H14N6O. The zero-order valence-electron chi connectivity index (χ0n) is 10.4. The highest BCUT2D eigenvalue weighted by molar-refractivity contribution is 5.30. The summed E-state index contributed by atoms with van der Waals surface area (Å²) < 4.78 is 7.87. The summed E-state index contributed by atoms with van der Waals surface area (Å²) in [7, 11) is 0. The Hall–Kier alpha value is -2.02. The second-order valence-corrected chi connectivity index (χ2v) is 4.87. The third kappa shape index (κ3) is 1.77. The van der Waals surface area contributed by atoms with Crippen molar-refractivity contribution in [2.75, 3.05) is 18.0 Å². The van der Waals surface area contributed by atoms with Crippen molar-refractivity contribution < 1.29 is 4.74 Å². The van der Waals surface area contributed by atoms with Gasteiger partial charge in [-0.1, -0.05) is 5.21 Å². The van der Waals surface area contributed by atoms with E-state index in [1.807, 2.05) is 10.7 Å². The van der Waals surface area contributed by atoms with Crippen LogP contribution in [0.3, 0.4) is 0 Å². The molecule has 0 aromatic carbocycles. The van der Waals surface area contributed by atoms with Crippen LogP contribution in [0.5, 0.6) is 0 Å². The Labute approximate surface area is 110 Å². The van der Waals surface area contributed by atoms with Gasteiger partial charge >= 0.3 is 0 Å². The molecule has 98 valence electrons. The maximum Gasteiger partial charge on any atom is 0.225 e. The van der Waals surface area contributed by atoms with Gasteiger partial charge in [0.25, 0.3) is 0 Å². The number of piperidine rings is 1. The SMILES string of the molecule is c1cnc(N2CC[C@H]3OCc4cnnn4[C@@H]3C2)nc1. The van der Waals surface area contributed by atoms with E-state index in [0.717, 1.165) is 31.2 Å². The monoisotopic (exact) mass is 258 g/mol. The molecule has 0 spiro atoms. The van der Waals surface area contributed by atoms with Crippen LogP contribution < -0.4 is 4.90 Å². The molecule has 1 fully saturated rings. The Morgan fingerprint density at radius 2 is 2.16 bits per heavy atom. The van der Waals surface area contributed by atoms with E-state index >= 15 is 0 Å². The number of hydrogen-bond acceptors (Lipinski definition) is 6. The predicted octanol–water partition coefficient (Wildman–Crippen LogP) is 0.418. The van der Waals surface area contributed by atoms with Crippen LogP contribution in [0.4, 0.5) is 5.95 Å². The van der Waals surface area contributed by atoms with Gasteiger partial charge in [0.15, 0.2) is 0 Å². The number of nitrogens with zero attached hydrogens (tertiary/aromatic N) is 6. The van der Waals surface area contributed by atoms with E-state index < -0.39 is 0 Å². The first-order valence-corrected chi connectivity index (χ1v) is 6.44. The van der Waals surface area contributed by atoms with Gasteiger partial charge in [0.2, 0.25) is 5.95 Å². The fourth-order valence-corrected chi connectivity index (χ4v) is 2.82. The normalized spacial score (nSPS) is 25.8. The smallest absolute Gasteiger partial charge is 0.225 e. The molecule has 0 amide bonds. The zero-order chi connectivity index (χ0) is 12.7. The number of rotatable bonds is 1. The van der Waals surface area contributed by atoms with Crippen molar-refractivity contribution >= 4 is 5.95 Å². The van der Waals surface area contributed by atoms with Gasteiger partial charge in [-0.15, -0.1) is 5.10 Å². The minimum Gasteiger partial charge on any atom is -0.370 e. The molecule has 7 heteroatoms. The van der Waals surface area contributed by atoms with Crippen molar-refractivity contribution in [1.29, 1.82) is 0 Å². The number of fused-ring (bicyclic) bond motifs is 3. The lowest BCUT2D eigenvalue weighted by Gasteiger charge is -2.40. The quantitative estimate of drug-likeness (QED) is 0.738. The lowest BCUT2D eigenvalue weighted by molar-refractivity contribution is -0.0374. The Kier molecular flexibility index (Phi) is 2.44. The molecule has 19 heavy (non-hydrogen) atoms. The van der Waals surface area contributed by atoms with E-state index in [-0.39, 0.29) is 12.1 Å². The molecule has 0 N–H and O–H groups in total. The molecule has 4 heterocycles. The lowest BCUT2D eigenvalue weighted by Crippen LogP contribution is -2.48. The van der Waals surface area contributed by atoms with Crippen molar-refractivity contribution in [1.82, 2.24) is 25.0 Å². The van der Waals surface area contributed by atoms with E-state index in [1.165, 1.54) is 0 Å². The van der Waals surface area contributed by atoms with E-state index in [2.05, 4.69) is 25.2 Å². The van der Waals surface area contributed by atoms with Gasteiger partial charge in [-0.05, 0) is 12.5 Å². The highest BCUT2D eigenvalue weighted by atomic mass is 16.5. The first-order valence-electron chi connectivity index (χ1n) is 6.44. The van der Waals surface area contributed by atoms with Gasteiger partial charge < -0.3 is 9.64 Å². The van der Waals surface area contributed by atoms with Crippen LogP contribution in [0.25, 0.3) is 0 Å². The number of hydrogen-bond donors (Lipinski definition) is 0. The number of aromatic nitrogens is 5. The van der Waals surface area contributed by atoms with Crippen LogP contribution >= 0.6 is 0 Å². The zero-order valence-corrected chi connectivity index (χ0v) is 10.4. The van der Waals surface area contributed by atoms with E-state index in [9.17, 15) is 0 Å². The molecular weight excluding hydrogens is 244 g/mol. The van der Waals surface area contributed by atoms with Crippen LogP contribution in [-0.4, -0.2) is 44.2 Å². The fourth-order valence-electron chi connectivity index (χ4n) is 2.82. The van der Waals surface area contributed by atoms with Crippen LogP contribution in [0.2, 0.25) is 0 Å². The number of ether oxygens (including phenoxy) is 1. The minimum absolute atomic E-state index is 0.198. The molecule has 0 radical (unpaired) electrons. The fraction of sp³-hybridized carbons (Fsp3) is 0.500. The summed E-state index contributed by atoms with van der Waals surface area (Å²) in [6.45, 7) is 2.33. The second kappa shape index (κ2) is 4.27. The maximum absolute atomic E-state index is 5.88. The summed E-state index contributed by atoms with van der Waals surface area (Å²) in [5, 5.41) is 8.16. The lowest BCUT2D eigenvalue weighted by atomic mass is 10.0. The first kappa shape index (κ1) is 10.9. The van der Waals surface area contributed by atoms with Crippen molar-refractivity contribution in [2.24, 2.45) is 0 Å². The van der Waals surface area contributed by atoms with Gasteiger partial charge in [0.05, 0.1) is 30.6 Å². The van der Waals surface area contributed by atoms with Crippen molar-refractivity contribution in [3.8, 4) is 0 Å². The molecule has 4 rings (SSSR count). The molecule has 2 aliphatic heterocycles. The van der Waals surface area contributed by atoms with Crippen molar-refractivity contribution in [2.45, 2.75) is 25.2 Å². The molecule has 2 atom stereocenters. The van der Waals surface area contributed by atoms with Crippen LogP contribution in [0.1, 0.15) is 18.2 Å². The predicted molar refractivity (Wildman–Crippen MR) is 66.5 cm³/mol. The van der Waals surface area contributed by atoms with Gasteiger partial charge in [0, 0.05) is 25.5 Å². The average molecular weight is 258 g/mol. The Balaban J connectivity index is 1.63. The van der Waals surface area contributed by atoms with Gasteiger partial charge in [-0.25, -0.2) is 14.6 Å². The van der Waals surface area contributed by atoms with Crippen LogP contribution in [0, 0.1) is 0 Å². The Morgan fingerprint density at radius 3 is 3.05 bits per heavy atom. The van der Waals surface area contributed by atoms with Gasteiger partial charge in [0.1, 0.15) is 0 Å². The topological polar surface area (TPSA) is 69.0 Å². The maximum atomic E-state index is 5.88. The molecule has 1 saturated heterocycles. The van der Waals surface area contributed by atoms with E-state index in [4.69, 9.17) is 4.74 Å². The third-order valence-corrected chi connectivity index (χ3v) is 3.76. The Bertz CT molecular complexity index is 571. The average Bonchev–Trinajstić information content (AvgIpc) is 2.96. The van der Waals surface area contributed by atoms with Crippen LogP contribution in [-0.2, 0) is 11.3 Å². The highest BCUT2D eigenvalue weighted by Gasteiger charge is 2.37. The third-order valence-electron chi connectivity index (χ3n) is 3.76. The number of anilines is 1. The summed E-state index contributed by atoms with van der Waals surface area (Å²) in [6, 6.07) is 2.03. The summed E-state index contributed by atoms with van der Waals surface area (Å²) in [5.74, 6) is 0.771. The molecule has 7 nitrogen and oxygen atoms in total. The van der Waals surface area contributed by atoms with Gasteiger partial charge in [-0.3, -0.25) is 0 Å². The second-order valence-electron chi connectivity index (χ2n) is 4.87. The van der Waals surface area contributed by atoms with E-state index in [0.29, 0.717) is 6.61 Å². The highest BCUT2D eigenvalue weighted by Crippen LogP contribution is 2.30. The molecule has 0 unspecified atom stereocenters. The summed E-state index contributed by atoms with van der Waals surface area (Å²) in [4.78, 5) is 10.8. The largest absolute Gasteiger partial charge is 0.370 e. The first-order chi connectivity index (χ1) is 9.42. The molecule has 2 aromatic rings. The van der Waals surface area contributed by atoms with E-state index in [1.54, 1.807) is 18.6 Å². The summed E-state index contributed by atoms with van der Waals surface area (Å²) in [5.41, 5.74) is 1.04. The standard InChI is InChI=1S/C12H14N6O/c1-3-13-12(14-4-1)17-5-2-11-10(7-17)18-9(8-19-11)6-15-16-18/h1,3-4,6,10-11H,2,5,7-8H2/t10-,11-/m1/s1. The molecule has 0 saturated carbocycles. The molecule has 0 aliphatic carbocycles. The van der Waals surface area contributed by atoms with Gasteiger partial charge in [-0.2, -0.15) is 0 Å². The van der Waals surface area contributed by atoms with Crippen LogP contribution in [0.15, 0.2) is 24.7 Å². The minimum atomic E-state index is 0.198. The van der Waals surface area contributed by atoms with Crippen molar-refractivity contribution in [3.63, 3.8) is 0 Å².